The van der Waals surface area contributed by atoms with Crippen molar-refractivity contribution >= 4 is 15.5 Å². The molecule has 16 heavy (non-hydrogen) atoms. The summed E-state index contributed by atoms with van der Waals surface area (Å²) in [6.07, 6.45) is 4.58. The van der Waals surface area contributed by atoms with Crippen LogP contribution in [0, 0.1) is 5.82 Å². The Kier molecular flexibility index (Phi) is 2.69. The Balaban J connectivity index is 2.41. The van der Waals surface area contributed by atoms with Crippen molar-refractivity contribution in [3.8, 4) is 0 Å². The zero-order chi connectivity index (χ0) is 11.8. The summed E-state index contributed by atoms with van der Waals surface area (Å²) in [5.74, 6) is -0.568. The van der Waals surface area contributed by atoms with Crippen molar-refractivity contribution in [2.45, 2.75) is 4.90 Å². The lowest BCUT2D eigenvalue weighted by Gasteiger charge is -2.17. The molecule has 0 amide bonds. The Labute approximate surface area is 93.3 Å². The first kappa shape index (κ1) is 11.1. The SMILES string of the molecule is CS(=O)(=O)c1ccc(N2C=CCN2)c(F)c1. The second-order valence-electron chi connectivity index (χ2n) is 3.50. The maximum absolute atomic E-state index is 13.7. The third-order valence-electron chi connectivity index (χ3n) is 2.24. The zero-order valence-electron chi connectivity index (χ0n) is 8.64. The Morgan fingerprint density at radius 1 is 1.44 bits per heavy atom. The van der Waals surface area contributed by atoms with E-state index in [2.05, 4.69) is 5.43 Å². The zero-order valence-corrected chi connectivity index (χ0v) is 9.46. The van der Waals surface area contributed by atoms with E-state index in [1.165, 1.54) is 17.1 Å². The van der Waals surface area contributed by atoms with Crippen molar-refractivity contribution in [2.75, 3.05) is 17.8 Å². The molecule has 4 nitrogen and oxygen atoms in total. The lowest BCUT2D eigenvalue weighted by Crippen LogP contribution is -2.29. The normalized spacial score (nSPS) is 15.8. The highest BCUT2D eigenvalue weighted by Gasteiger charge is 2.15. The number of benzene rings is 1. The molecule has 0 saturated carbocycles. The average molecular weight is 242 g/mol. The number of rotatable bonds is 2. The molecule has 0 fully saturated rings. The van der Waals surface area contributed by atoms with E-state index in [-0.39, 0.29) is 4.90 Å². The summed E-state index contributed by atoms with van der Waals surface area (Å²) in [5, 5.41) is 1.52. The van der Waals surface area contributed by atoms with Gasteiger partial charge in [0.25, 0.3) is 0 Å². The van der Waals surface area contributed by atoms with Crippen LogP contribution < -0.4 is 10.4 Å². The van der Waals surface area contributed by atoms with Gasteiger partial charge in [0.15, 0.2) is 9.84 Å². The van der Waals surface area contributed by atoms with E-state index in [0.717, 1.165) is 12.3 Å². The fourth-order valence-electron chi connectivity index (χ4n) is 1.44. The van der Waals surface area contributed by atoms with Crippen molar-refractivity contribution in [1.29, 1.82) is 0 Å². The van der Waals surface area contributed by atoms with Gasteiger partial charge >= 0.3 is 0 Å². The Hall–Kier alpha value is -1.40. The van der Waals surface area contributed by atoms with Gasteiger partial charge in [-0.05, 0) is 18.2 Å². The first-order chi connectivity index (χ1) is 7.48. The Morgan fingerprint density at radius 2 is 2.19 bits per heavy atom. The number of hydrogen-bond donors (Lipinski definition) is 1. The molecule has 1 aliphatic heterocycles. The molecule has 1 N–H and O–H groups in total. The fraction of sp³-hybridized carbons (Fsp3) is 0.200. The third-order valence-corrected chi connectivity index (χ3v) is 3.35. The minimum absolute atomic E-state index is 0.0167. The van der Waals surface area contributed by atoms with Crippen LogP contribution in [-0.2, 0) is 9.84 Å². The van der Waals surface area contributed by atoms with Crippen molar-refractivity contribution in [3.05, 3.63) is 36.3 Å². The van der Waals surface area contributed by atoms with Crippen LogP contribution in [-0.4, -0.2) is 21.2 Å². The van der Waals surface area contributed by atoms with Gasteiger partial charge in [0.2, 0.25) is 0 Å². The lowest BCUT2D eigenvalue weighted by molar-refractivity contribution is 0.594. The van der Waals surface area contributed by atoms with Crippen LogP contribution in [0.3, 0.4) is 0 Å². The highest BCUT2D eigenvalue weighted by atomic mass is 32.2. The van der Waals surface area contributed by atoms with Crippen molar-refractivity contribution in [2.24, 2.45) is 0 Å². The smallest absolute Gasteiger partial charge is 0.175 e. The molecule has 0 spiro atoms. The molecule has 1 heterocycles. The van der Waals surface area contributed by atoms with Crippen LogP contribution in [0.4, 0.5) is 10.1 Å². The second kappa shape index (κ2) is 3.88. The van der Waals surface area contributed by atoms with Crippen molar-refractivity contribution in [3.63, 3.8) is 0 Å². The lowest BCUT2D eigenvalue weighted by atomic mass is 10.3. The van der Waals surface area contributed by atoms with Crippen molar-refractivity contribution < 1.29 is 12.8 Å². The number of hydrazine groups is 1. The maximum Gasteiger partial charge on any atom is 0.175 e. The van der Waals surface area contributed by atoms with Crippen LogP contribution in [0.2, 0.25) is 0 Å². The topological polar surface area (TPSA) is 49.4 Å². The molecule has 1 aromatic carbocycles. The highest BCUT2D eigenvalue weighted by molar-refractivity contribution is 7.90. The summed E-state index contributed by atoms with van der Waals surface area (Å²) in [6, 6.07) is 3.86. The van der Waals surface area contributed by atoms with E-state index in [0.29, 0.717) is 12.2 Å². The van der Waals surface area contributed by atoms with Gasteiger partial charge in [-0.25, -0.2) is 18.2 Å². The largest absolute Gasteiger partial charge is 0.281 e. The minimum Gasteiger partial charge on any atom is -0.281 e. The van der Waals surface area contributed by atoms with Gasteiger partial charge in [-0.15, -0.1) is 0 Å². The third kappa shape index (κ3) is 2.07. The van der Waals surface area contributed by atoms with Crippen LogP contribution in [0.5, 0.6) is 0 Å². The molecule has 0 saturated heterocycles. The van der Waals surface area contributed by atoms with Gasteiger partial charge in [-0.1, -0.05) is 6.08 Å². The minimum atomic E-state index is -3.36. The van der Waals surface area contributed by atoms with E-state index in [9.17, 15) is 12.8 Å². The summed E-state index contributed by atoms with van der Waals surface area (Å²) in [6.45, 7) is 0.632. The van der Waals surface area contributed by atoms with Gasteiger partial charge in [0.1, 0.15) is 5.82 Å². The van der Waals surface area contributed by atoms with Crippen LogP contribution in [0.1, 0.15) is 0 Å². The fourth-order valence-corrected chi connectivity index (χ4v) is 2.07. The molecule has 86 valence electrons. The van der Waals surface area contributed by atoms with Crippen LogP contribution >= 0.6 is 0 Å². The quantitative estimate of drug-likeness (QED) is 0.842. The maximum atomic E-state index is 13.7. The van der Waals surface area contributed by atoms with Gasteiger partial charge in [0, 0.05) is 19.0 Å². The Bertz CT molecular complexity index is 540. The summed E-state index contributed by atoms with van der Waals surface area (Å²) in [4.78, 5) is -0.0167. The Morgan fingerprint density at radius 3 is 2.69 bits per heavy atom. The van der Waals surface area contributed by atoms with E-state index in [4.69, 9.17) is 0 Å². The molecule has 6 heteroatoms. The summed E-state index contributed by atoms with van der Waals surface area (Å²) >= 11 is 0. The van der Waals surface area contributed by atoms with Gasteiger partial charge in [-0.3, -0.25) is 5.01 Å². The molecule has 0 bridgehead atoms. The number of hydrogen-bond acceptors (Lipinski definition) is 4. The molecule has 1 aromatic rings. The molecule has 0 atom stereocenters. The summed E-state index contributed by atoms with van der Waals surface area (Å²) in [5.41, 5.74) is 3.21. The molecular formula is C10H11FN2O2S. The number of nitrogens with one attached hydrogen (secondary N) is 1. The predicted octanol–water partition coefficient (Wildman–Crippen LogP) is 1.07. The second-order valence-corrected chi connectivity index (χ2v) is 5.52. The summed E-state index contributed by atoms with van der Waals surface area (Å²) in [7, 11) is -3.36. The van der Waals surface area contributed by atoms with Gasteiger partial charge < -0.3 is 0 Å². The highest BCUT2D eigenvalue weighted by Crippen LogP contribution is 2.22. The van der Waals surface area contributed by atoms with Crippen LogP contribution in [0.15, 0.2) is 35.4 Å². The van der Waals surface area contributed by atoms with Crippen molar-refractivity contribution in [1.82, 2.24) is 5.43 Å². The van der Waals surface area contributed by atoms with E-state index >= 15 is 0 Å². The first-order valence-corrected chi connectivity index (χ1v) is 6.56. The first-order valence-electron chi connectivity index (χ1n) is 4.67. The standard InChI is InChI=1S/C10H11FN2O2S/c1-16(14,15)8-3-4-10(9(11)7-8)13-6-2-5-12-13/h2-4,6-7,12H,5H2,1H3. The molecule has 0 aromatic heterocycles. The van der Waals surface area contributed by atoms with Crippen LogP contribution in [0.25, 0.3) is 0 Å². The molecule has 0 radical (unpaired) electrons. The number of halogens is 1. The summed E-state index contributed by atoms with van der Waals surface area (Å²) < 4.78 is 36.1. The van der Waals surface area contributed by atoms with Gasteiger partial charge in [0.05, 0.1) is 10.6 Å². The average Bonchev–Trinajstić information content (AvgIpc) is 2.69. The molecule has 1 aliphatic rings. The molecular weight excluding hydrogens is 231 g/mol. The number of anilines is 1. The molecule has 0 unspecified atom stereocenters. The van der Waals surface area contributed by atoms with E-state index in [1.54, 1.807) is 6.20 Å². The molecule has 0 aliphatic carbocycles. The number of nitrogens with zero attached hydrogens (tertiary/aromatic N) is 1. The van der Waals surface area contributed by atoms with Gasteiger partial charge in [-0.2, -0.15) is 0 Å². The predicted molar refractivity (Wildman–Crippen MR) is 59.1 cm³/mol. The van der Waals surface area contributed by atoms with E-state index < -0.39 is 15.7 Å². The molecule has 2 rings (SSSR count). The number of sulfone groups is 1. The monoisotopic (exact) mass is 242 g/mol. The van der Waals surface area contributed by atoms with E-state index in [1.807, 2.05) is 6.08 Å².